The largest absolute Gasteiger partial charge is 0.463 e. The lowest BCUT2D eigenvalue weighted by Gasteiger charge is -2.20. The van der Waals surface area contributed by atoms with E-state index < -0.39 is 29.7 Å². The van der Waals surface area contributed by atoms with Gasteiger partial charge in [-0.2, -0.15) is 4.98 Å². The first-order chi connectivity index (χ1) is 11.9. The predicted octanol–water partition coefficient (Wildman–Crippen LogP) is 0.214. The molecule has 1 atom stereocenters. The lowest BCUT2D eigenvalue weighted by atomic mass is 10.1. The summed E-state index contributed by atoms with van der Waals surface area (Å²) in [6.07, 6.45) is 0. The van der Waals surface area contributed by atoms with E-state index in [1.807, 2.05) is 0 Å². The van der Waals surface area contributed by atoms with E-state index in [1.165, 1.54) is 26.2 Å². The van der Waals surface area contributed by atoms with E-state index in [9.17, 15) is 19.2 Å². The summed E-state index contributed by atoms with van der Waals surface area (Å²) in [7, 11) is 1.17. The van der Waals surface area contributed by atoms with Gasteiger partial charge in [0.25, 0.3) is 11.8 Å². The quantitative estimate of drug-likeness (QED) is 0.598. The summed E-state index contributed by atoms with van der Waals surface area (Å²) in [6, 6.07) is 5.24. The maximum atomic E-state index is 12.4. The van der Waals surface area contributed by atoms with Crippen LogP contribution in [0.2, 0.25) is 0 Å². The Morgan fingerprint density at radius 1 is 1.20 bits per heavy atom. The number of ether oxygens (including phenoxy) is 1. The summed E-state index contributed by atoms with van der Waals surface area (Å²) in [5.41, 5.74) is 0.496. The predicted molar refractivity (Wildman–Crippen MR) is 82.8 cm³/mol. The number of imide groups is 1. The van der Waals surface area contributed by atoms with Gasteiger partial charge in [-0.3, -0.25) is 29.7 Å². The number of carbonyl (C=O) groups excluding carboxylic acids is 4. The number of hydrogen-bond acceptors (Lipinski definition) is 7. The molecule has 10 nitrogen and oxygen atoms in total. The minimum absolute atomic E-state index is 0.172. The van der Waals surface area contributed by atoms with E-state index in [0.717, 1.165) is 4.90 Å². The van der Waals surface area contributed by atoms with Crippen molar-refractivity contribution in [2.75, 3.05) is 12.4 Å². The lowest BCUT2D eigenvalue weighted by molar-refractivity contribution is -0.119. The van der Waals surface area contributed by atoms with Crippen LogP contribution in [0.25, 0.3) is 0 Å². The Balaban J connectivity index is 1.75. The zero-order chi connectivity index (χ0) is 18.1. The standard InChI is InChI=1S/C15H13N5O5/c1-7(11(21)17-15-16-10(18-19-15)14(24)25-2)20-12(22)8-5-3-4-6-9(8)13(20)23/h3-7H,1-2H3,(H2,16,17,18,19,21). The Morgan fingerprint density at radius 3 is 2.36 bits per heavy atom. The fourth-order valence-electron chi connectivity index (χ4n) is 2.40. The van der Waals surface area contributed by atoms with Crippen molar-refractivity contribution in [1.82, 2.24) is 20.1 Å². The fourth-order valence-corrected chi connectivity index (χ4v) is 2.40. The van der Waals surface area contributed by atoms with E-state index in [0.29, 0.717) is 0 Å². The number of nitrogens with one attached hydrogen (secondary N) is 2. The molecule has 0 fully saturated rings. The van der Waals surface area contributed by atoms with Crippen LogP contribution >= 0.6 is 0 Å². The van der Waals surface area contributed by atoms with Crippen molar-refractivity contribution in [1.29, 1.82) is 0 Å². The van der Waals surface area contributed by atoms with Gasteiger partial charge < -0.3 is 4.74 Å². The molecular weight excluding hydrogens is 330 g/mol. The number of amides is 3. The molecule has 3 amide bonds. The molecule has 2 aromatic rings. The van der Waals surface area contributed by atoms with Crippen molar-refractivity contribution in [3.05, 3.63) is 41.2 Å². The van der Waals surface area contributed by atoms with Gasteiger partial charge in [0.1, 0.15) is 6.04 Å². The molecule has 2 N–H and O–H groups in total. The number of aromatic amines is 1. The van der Waals surface area contributed by atoms with E-state index in [1.54, 1.807) is 12.1 Å². The summed E-state index contributed by atoms with van der Waals surface area (Å²) in [5, 5.41) is 8.30. The highest BCUT2D eigenvalue weighted by Gasteiger charge is 2.40. The Kier molecular flexibility index (Phi) is 4.01. The van der Waals surface area contributed by atoms with Gasteiger partial charge >= 0.3 is 5.97 Å². The van der Waals surface area contributed by atoms with Crippen molar-refractivity contribution in [2.24, 2.45) is 0 Å². The number of rotatable bonds is 4. The number of H-pyrrole nitrogens is 1. The highest BCUT2D eigenvalue weighted by Crippen LogP contribution is 2.24. The monoisotopic (exact) mass is 343 g/mol. The van der Waals surface area contributed by atoms with Crippen LogP contribution in [0.3, 0.4) is 0 Å². The molecule has 1 aliphatic heterocycles. The van der Waals surface area contributed by atoms with Gasteiger partial charge in [-0.25, -0.2) is 4.79 Å². The van der Waals surface area contributed by atoms with Crippen LogP contribution < -0.4 is 5.32 Å². The third-order valence-corrected chi connectivity index (χ3v) is 3.69. The van der Waals surface area contributed by atoms with Gasteiger partial charge in [0.15, 0.2) is 0 Å². The van der Waals surface area contributed by atoms with E-state index in [4.69, 9.17) is 0 Å². The van der Waals surface area contributed by atoms with E-state index in [2.05, 4.69) is 25.2 Å². The molecule has 0 aliphatic carbocycles. The number of carbonyl (C=O) groups is 4. The molecule has 1 unspecified atom stereocenters. The maximum absolute atomic E-state index is 12.4. The van der Waals surface area contributed by atoms with Crippen molar-refractivity contribution < 1.29 is 23.9 Å². The fraction of sp³-hybridized carbons (Fsp3) is 0.200. The number of benzene rings is 1. The van der Waals surface area contributed by atoms with Crippen LogP contribution in [-0.2, 0) is 9.53 Å². The summed E-state index contributed by atoms with van der Waals surface area (Å²) < 4.78 is 4.46. The van der Waals surface area contributed by atoms with Crippen LogP contribution in [-0.4, -0.2) is 56.9 Å². The molecule has 0 saturated heterocycles. The first-order valence-corrected chi connectivity index (χ1v) is 7.22. The maximum Gasteiger partial charge on any atom is 0.375 e. The van der Waals surface area contributed by atoms with Gasteiger partial charge in [-0.15, -0.1) is 5.10 Å². The smallest absolute Gasteiger partial charge is 0.375 e. The van der Waals surface area contributed by atoms with Gasteiger partial charge in [-0.05, 0) is 19.1 Å². The molecule has 1 aromatic heterocycles. The molecular formula is C15H13N5O5. The van der Waals surface area contributed by atoms with Crippen molar-refractivity contribution in [3.8, 4) is 0 Å². The molecule has 10 heteroatoms. The molecule has 1 aliphatic rings. The number of fused-ring (bicyclic) bond motifs is 1. The van der Waals surface area contributed by atoms with Crippen molar-refractivity contribution >= 4 is 29.6 Å². The van der Waals surface area contributed by atoms with Gasteiger partial charge in [0.2, 0.25) is 17.7 Å². The third kappa shape index (κ3) is 2.73. The van der Waals surface area contributed by atoms with Crippen LogP contribution in [0.5, 0.6) is 0 Å². The Labute approximate surface area is 141 Å². The molecule has 2 heterocycles. The number of nitrogens with zero attached hydrogens (tertiary/aromatic N) is 3. The molecule has 3 rings (SSSR count). The number of hydrogen-bond donors (Lipinski definition) is 2. The normalized spacial score (nSPS) is 14.2. The summed E-state index contributed by atoms with van der Waals surface area (Å²) in [4.78, 5) is 53.0. The molecule has 25 heavy (non-hydrogen) atoms. The second-order valence-corrected chi connectivity index (χ2v) is 5.19. The van der Waals surface area contributed by atoms with Gasteiger partial charge in [-0.1, -0.05) is 12.1 Å². The summed E-state index contributed by atoms with van der Waals surface area (Å²) in [6.45, 7) is 1.41. The SMILES string of the molecule is COC(=O)c1nc(NC(=O)C(C)N2C(=O)c3ccccc3C2=O)n[nH]1. The molecule has 0 radical (unpaired) electrons. The first-order valence-electron chi connectivity index (χ1n) is 7.22. The molecule has 0 spiro atoms. The zero-order valence-electron chi connectivity index (χ0n) is 13.3. The minimum atomic E-state index is -1.09. The van der Waals surface area contributed by atoms with Gasteiger partial charge in [0.05, 0.1) is 18.2 Å². The summed E-state index contributed by atoms with van der Waals surface area (Å²) in [5.74, 6) is -2.88. The Bertz CT molecular complexity index is 855. The van der Waals surface area contributed by atoms with Crippen LogP contribution in [0, 0.1) is 0 Å². The second-order valence-electron chi connectivity index (χ2n) is 5.19. The topological polar surface area (TPSA) is 134 Å². The van der Waals surface area contributed by atoms with E-state index >= 15 is 0 Å². The van der Waals surface area contributed by atoms with Crippen LogP contribution in [0.15, 0.2) is 24.3 Å². The number of esters is 1. The Morgan fingerprint density at radius 2 is 1.80 bits per heavy atom. The number of methoxy groups -OCH3 is 1. The summed E-state index contributed by atoms with van der Waals surface area (Å²) >= 11 is 0. The van der Waals surface area contributed by atoms with Gasteiger partial charge in [0, 0.05) is 0 Å². The highest BCUT2D eigenvalue weighted by molar-refractivity contribution is 6.23. The molecule has 1 aromatic carbocycles. The second kappa shape index (κ2) is 6.15. The van der Waals surface area contributed by atoms with E-state index in [-0.39, 0.29) is 22.9 Å². The van der Waals surface area contributed by atoms with Crippen LogP contribution in [0.1, 0.15) is 38.3 Å². The van der Waals surface area contributed by atoms with Crippen LogP contribution in [0.4, 0.5) is 5.95 Å². The van der Waals surface area contributed by atoms with Crippen molar-refractivity contribution in [2.45, 2.75) is 13.0 Å². The lowest BCUT2D eigenvalue weighted by Crippen LogP contribution is -2.45. The Hall–Kier alpha value is -3.56. The minimum Gasteiger partial charge on any atom is -0.463 e. The number of aromatic nitrogens is 3. The molecule has 0 bridgehead atoms. The molecule has 128 valence electrons. The van der Waals surface area contributed by atoms with Crippen molar-refractivity contribution in [3.63, 3.8) is 0 Å². The zero-order valence-corrected chi connectivity index (χ0v) is 13.3. The third-order valence-electron chi connectivity index (χ3n) is 3.69. The average molecular weight is 343 g/mol. The first kappa shape index (κ1) is 16.3. The highest BCUT2D eigenvalue weighted by atomic mass is 16.5. The number of anilines is 1. The molecule has 0 saturated carbocycles. The average Bonchev–Trinajstić information content (AvgIpc) is 3.18.